The highest BCUT2D eigenvalue weighted by Crippen LogP contribution is 2.28. The molecule has 3 atom stereocenters. The molecule has 0 bridgehead atoms. The van der Waals surface area contributed by atoms with Crippen molar-refractivity contribution in [1.82, 2.24) is 0 Å². The molecular weight excluding hydrogens is 166 g/mol. The molecule has 3 nitrogen and oxygen atoms in total. The molecular formula is C10H17NO2. The molecule has 2 rings (SSSR count). The van der Waals surface area contributed by atoms with Crippen LogP contribution in [0.25, 0.3) is 0 Å². The summed E-state index contributed by atoms with van der Waals surface area (Å²) in [5.74, 6) is 0.543. The fraction of sp³-hybridized carbons (Fsp3) is 0.800. The maximum absolute atomic E-state index is 5.67. The Morgan fingerprint density at radius 3 is 2.92 bits per heavy atom. The van der Waals surface area contributed by atoms with Gasteiger partial charge in [-0.25, -0.2) is 0 Å². The van der Waals surface area contributed by atoms with Gasteiger partial charge in [-0.15, -0.1) is 0 Å². The average Bonchev–Trinajstić information content (AvgIpc) is 2.67. The Bertz CT molecular complexity index is 193. The van der Waals surface area contributed by atoms with E-state index in [4.69, 9.17) is 15.2 Å². The van der Waals surface area contributed by atoms with Gasteiger partial charge in [0.2, 0.25) is 0 Å². The van der Waals surface area contributed by atoms with Crippen molar-refractivity contribution in [2.45, 2.75) is 31.7 Å². The third-order valence-corrected chi connectivity index (χ3v) is 2.73. The minimum absolute atomic E-state index is 0.00139. The Labute approximate surface area is 78.9 Å². The standard InChI is InChI=1S/C10H17NO2/c11-6-9-7-12-10(13-9)8-4-2-1-3-5-8/h1-2,8-10H,3-7,11H2. The van der Waals surface area contributed by atoms with Crippen LogP contribution in [-0.2, 0) is 9.47 Å². The summed E-state index contributed by atoms with van der Waals surface area (Å²) in [7, 11) is 0. The zero-order valence-electron chi connectivity index (χ0n) is 7.82. The van der Waals surface area contributed by atoms with E-state index in [1.54, 1.807) is 0 Å². The largest absolute Gasteiger partial charge is 0.350 e. The van der Waals surface area contributed by atoms with Crippen LogP contribution in [0.5, 0.6) is 0 Å². The predicted octanol–water partition coefficient (Wildman–Crippen LogP) is 1.04. The van der Waals surface area contributed by atoms with E-state index in [1.807, 2.05) is 0 Å². The Balaban J connectivity index is 1.84. The van der Waals surface area contributed by atoms with Crippen LogP contribution in [0.15, 0.2) is 12.2 Å². The molecule has 13 heavy (non-hydrogen) atoms. The van der Waals surface area contributed by atoms with E-state index >= 15 is 0 Å². The van der Waals surface area contributed by atoms with E-state index in [0.717, 1.165) is 12.8 Å². The molecule has 1 saturated heterocycles. The molecule has 0 aromatic rings. The van der Waals surface area contributed by atoms with Gasteiger partial charge < -0.3 is 15.2 Å². The zero-order valence-corrected chi connectivity index (χ0v) is 7.82. The summed E-state index contributed by atoms with van der Waals surface area (Å²) in [5, 5.41) is 0. The summed E-state index contributed by atoms with van der Waals surface area (Å²) in [6.45, 7) is 1.24. The van der Waals surface area contributed by atoms with Gasteiger partial charge in [-0.2, -0.15) is 0 Å². The number of hydrogen-bond donors (Lipinski definition) is 1. The highest BCUT2D eigenvalue weighted by atomic mass is 16.7. The van der Waals surface area contributed by atoms with Crippen molar-refractivity contribution >= 4 is 0 Å². The maximum Gasteiger partial charge on any atom is 0.161 e. The molecule has 0 saturated carbocycles. The Morgan fingerprint density at radius 1 is 1.38 bits per heavy atom. The summed E-state index contributed by atoms with van der Waals surface area (Å²) < 4.78 is 11.2. The van der Waals surface area contributed by atoms with Gasteiger partial charge in [0.05, 0.1) is 12.7 Å². The van der Waals surface area contributed by atoms with Crippen LogP contribution in [0, 0.1) is 5.92 Å². The van der Waals surface area contributed by atoms with Crippen LogP contribution in [0.1, 0.15) is 19.3 Å². The van der Waals surface area contributed by atoms with E-state index in [9.17, 15) is 0 Å². The predicted molar refractivity (Wildman–Crippen MR) is 50.1 cm³/mol. The second-order valence-electron chi connectivity index (χ2n) is 3.74. The highest BCUT2D eigenvalue weighted by Gasteiger charge is 2.31. The van der Waals surface area contributed by atoms with Gasteiger partial charge in [0.1, 0.15) is 0 Å². The zero-order chi connectivity index (χ0) is 9.10. The van der Waals surface area contributed by atoms with E-state index in [2.05, 4.69) is 12.2 Å². The molecule has 0 amide bonds. The van der Waals surface area contributed by atoms with Crippen molar-refractivity contribution in [2.75, 3.05) is 13.2 Å². The van der Waals surface area contributed by atoms with Crippen LogP contribution in [0.3, 0.4) is 0 Å². The van der Waals surface area contributed by atoms with Gasteiger partial charge in [0, 0.05) is 12.5 Å². The normalized spacial score (nSPS) is 39.6. The van der Waals surface area contributed by atoms with Crippen LogP contribution in [-0.4, -0.2) is 25.5 Å². The first kappa shape index (κ1) is 9.19. The average molecular weight is 183 g/mol. The third-order valence-electron chi connectivity index (χ3n) is 2.73. The van der Waals surface area contributed by atoms with Crippen LogP contribution in [0.2, 0.25) is 0 Å². The molecule has 0 radical (unpaired) electrons. The molecule has 74 valence electrons. The maximum atomic E-state index is 5.67. The van der Waals surface area contributed by atoms with E-state index in [1.165, 1.54) is 6.42 Å². The highest BCUT2D eigenvalue weighted by molar-refractivity contribution is 4.91. The lowest BCUT2D eigenvalue weighted by molar-refractivity contribution is -0.0969. The topological polar surface area (TPSA) is 44.5 Å². The number of hydrogen-bond acceptors (Lipinski definition) is 3. The van der Waals surface area contributed by atoms with Crippen molar-refractivity contribution in [2.24, 2.45) is 11.7 Å². The lowest BCUT2D eigenvalue weighted by atomic mass is 9.94. The van der Waals surface area contributed by atoms with Crippen molar-refractivity contribution in [3.63, 3.8) is 0 Å². The number of ether oxygens (including phenoxy) is 2. The number of nitrogens with two attached hydrogens (primary N) is 1. The molecule has 0 aromatic heterocycles. The van der Waals surface area contributed by atoms with Crippen molar-refractivity contribution < 1.29 is 9.47 Å². The van der Waals surface area contributed by atoms with Gasteiger partial charge >= 0.3 is 0 Å². The third kappa shape index (κ3) is 2.10. The summed E-state index contributed by atoms with van der Waals surface area (Å²) >= 11 is 0. The van der Waals surface area contributed by atoms with Gasteiger partial charge in [-0.05, 0) is 19.3 Å². The van der Waals surface area contributed by atoms with E-state index < -0.39 is 0 Å². The van der Waals surface area contributed by atoms with Crippen molar-refractivity contribution in [1.29, 1.82) is 0 Å². The molecule has 2 N–H and O–H groups in total. The lowest BCUT2D eigenvalue weighted by Crippen LogP contribution is -2.26. The molecule has 1 fully saturated rings. The number of rotatable bonds is 2. The second-order valence-corrected chi connectivity index (χ2v) is 3.74. The minimum Gasteiger partial charge on any atom is -0.350 e. The molecule has 0 aromatic carbocycles. The van der Waals surface area contributed by atoms with Gasteiger partial charge in [-0.1, -0.05) is 12.2 Å². The van der Waals surface area contributed by atoms with Crippen molar-refractivity contribution in [3.05, 3.63) is 12.2 Å². The quantitative estimate of drug-likeness (QED) is 0.651. The lowest BCUT2D eigenvalue weighted by Gasteiger charge is -2.23. The molecule has 1 aliphatic heterocycles. The fourth-order valence-electron chi connectivity index (χ4n) is 1.91. The summed E-state index contributed by atoms with van der Waals surface area (Å²) in [5.41, 5.74) is 5.51. The Kier molecular flexibility index (Phi) is 2.98. The smallest absolute Gasteiger partial charge is 0.161 e. The number of allylic oxidation sites excluding steroid dienone is 2. The molecule has 3 heteroatoms. The Morgan fingerprint density at radius 2 is 2.31 bits per heavy atom. The van der Waals surface area contributed by atoms with Gasteiger partial charge in [0.25, 0.3) is 0 Å². The van der Waals surface area contributed by atoms with E-state index in [-0.39, 0.29) is 12.4 Å². The molecule has 2 aliphatic rings. The van der Waals surface area contributed by atoms with Gasteiger partial charge in [-0.3, -0.25) is 0 Å². The first-order valence-corrected chi connectivity index (χ1v) is 5.02. The monoisotopic (exact) mass is 183 g/mol. The summed E-state index contributed by atoms with van der Waals surface area (Å²) in [6.07, 6.45) is 7.99. The second kappa shape index (κ2) is 4.22. The van der Waals surface area contributed by atoms with Crippen LogP contribution >= 0.6 is 0 Å². The summed E-state index contributed by atoms with van der Waals surface area (Å²) in [6, 6.07) is 0. The van der Waals surface area contributed by atoms with Crippen molar-refractivity contribution in [3.8, 4) is 0 Å². The fourth-order valence-corrected chi connectivity index (χ4v) is 1.91. The molecule has 1 aliphatic carbocycles. The van der Waals surface area contributed by atoms with Crippen LogP contribution in [0.4, 0.5) is 0 Å². The molecule has 1 heterocycles. The molecule has 0 spiro atoms. The molecule has 3 unspecified atom stereocenters. The SMILES string of the molecule is NCC1COC(C2CC=CCC2)O1. The van der Waals surface area contributed by atoms with Gasteiger partial charge in [0.15, 0.2) is 6.29 Å². The minimum atomic E-state index is -0.00139. The van der Waals surface area contributed by atoms with E-state index in [0.29, 0.717) is 19.1 Å². The Hall–Kier alpha value is -0.380. The first-order valence-electron chi connectivity index (χ1n) is 5.02. The van der Waals surface area contributed by atoms with Crippen LogP contribution < -0.4 is 5.73 Å². The first-order chi connectivity index (χ1) is 6.40. The summed E-state index contributed by atoms with van der Waals surface area (Å²) in [4.78, 5) is 0.